The van der Waals surface area contributed by atoms with Crippen LogP contribution < -0.4 is 4.18 Å². The van der Waals surface area contributed by atoms with E-state index in [0.717, 1.165) is 6.07 Å². The lowest BCUT2D eigenvalue weighted by atomic mass is 10.1. The zero-order valence-electron chi connectivity index (χ0n) is 15.0. The Hall–Kier alpha value is -3.01. The summed E-state index contributed by atoms with van der Waals surface area (Å²) in [7, 11) is -3.71. The van der Waals surface area contributed by atoms with Gasteiger partial charge >= 0.3 is 22.5 Å². The lowest BCUT2D eigenvalue weighted by molar-refractivity contribution is -0.143. The lowest BCUT2D eigenvalue weighted by Gasteiger charge is -2.10. The van der Waals surface area contributed by atoms with Gasteiger partial charge in [0, 0.05) is 0 Å². The second-order valence-electron chi connectivity index (χ2n) is 5.74. The summed E-state index contributed by atoms with van der Waals surface area (Å²) in [5.41, 5.74) is -2.60. The van der Waals surface area contributed by atoms with Crippen LogP contribution in [0.3, 0.4) is 0 Å². The van der Waals surface area contributed by atoms with Crippen LogP contribution in [0.5, 0.6) is 5.75 Å². The van der Waals surface area contributed by atoms with Gasteiger partial charge in [-0.3, -0.25) is 0 Å². The summed E-state index contributed by atoms with van der Waals surface area (Å²) in [4.78, 5) is 0.152. The van der Waals surface area contributed by atoms with Crippen LogP contribution in [0.15, 0.2) is 89.8 Å². The standard InChI is InChI=1S/C12H10O3S.C8H4F6/c13-16(14,12-9-5-2-6-10-12)15-11-7-3-1-4-8-11;9-7(10,11)5-2-1-3-6(4-5)8(12,13)14/h1-10H;1-4H. The van der Waals surface area contributed by atoms with E-state index in [4.69, 9.17) is 4.18 Å². The van der Waals surface area contributed by atoms with Crippen LogP contribution in [-0.2, 0) is 22.5 Å². The Kier molecular flexibility index (Phi) is 7.14. The number of benzene rings is 3. The first-order valence-electron chi connectivity index (χ1n) is 8.18. The molecule has 0 fully saturated rings. The van der Waals surface area contributed by atoms with Gasteiger partial charge in [-0.15, -0.1) is 0 Å². The minimum Gasteiger partial charge on any atom is -0.379 e. The smallest absolute Gasteiger partial charge is 0.379 e. The predicted octanol–water partition coefficient (Wildman–Crippen LogP) is 6.18. The molecule has 0 N–H and O–H groups in total. The van der Waals surface area contributed by atoms with Crippen molar-refractivity contribution in [2.24, 2.45) is 0 Å². The van der Waals surface area contributed by atoms with E-state index in [1.165, 1.54) is 12.1 Å². The van der Waals surface area contributed by atoms with E-state index >= 15 is 0 Å². The molecule has 0 unspecified atom stereocenters. The second-order valence-corrected chi connectivity index (χ2v) is 7.29. The van der Waals surface area contributed by atoms with Crippen LogP contribution in [0, 0.1) is 0 Å². The fourth-order valence-electron chi connectivity index (χ4n) is 2.11. The summed E-state index contributed by atoms with van der Waals surface area (Å²) in [6, 6.07) is 18.5. The number of alkyl halides is 6. The van der Waals surface area contributed by atoms with Gasteiger partial charge in [-0.1, -0.05) is 42.5 Å². The highest BCUT2D eigenvalue weighted by atomic mass is 32.2. The average Bonchev–Trinajstić information content (AvgIpc) is 2.68. The molecular formula is C20H14F6O3S. The van der Waals surface area contributed by atoms with Crippen molar-refractivity contribution in [1.29, 1.82) is 0 Å². The Labute approximate surface area is 168 Å². The van der Waals surface area contributed by atoms with E-state index in [9.17, 15) is 34.8 Å². The molecular weight excluding hydrogens is 434 g/mol. The molecule has 3 aromatic carbocycles. The van der Waals surface area contributed by atoms with Crippen molar-refractivity contribution in [1.82, 2.24) is 0 Å². The Morgan fingerprint density at radius 2 is 1.03 bits per heavy atom. The van der Waals surface area contributed by atoms with Crippen molar-refractivity contribution < 1.29 is 38.9 Å². The fraction of sp³-hybridized carbons (Fsp3) is 0.100. The highest BCUT2D eigenvalue weighted by Gasteiger charge is 2.35. The van der Waals surface area contributed by atoms with Crippen LogP contribution >= 0.6 is 0 Å². The zero-order chi connectivity index (χ0) is 22.4. The molecule has 0 amide bonds. The second kappa shape index (κ2) is 9.21. The van der Waals surface area contributed by atoms with Crippen molar-refractivity contribution in [3.8, 4) is 5.75 Å². The first-order chi connectivity index (χ1) is 13.9. The van der Waals surface area contributed by atoms with E-state index < -0.39 is 33.6 Å². The summed E-state index contributed by atoms with van der Waals surface area (Å²) < 4.78 is 100. The maximum absolute atomic E-state index is 12.0. The number of halogens is 6. The molecule has 0 heterocycles. The lowest BCUT2D eigenvalue weighted by Crippen LogP contribution is -2.09. The van der Waals surface area contributed by atoms with Crippen LogP contribution in [-0.4, -0.2) is 8.42 Å². The van der Waals surface area contributed by atoms with Crippen LogP contribution in [0.25, 0.3) is 0 Å². The molecule has 0 aliphatic heterocycles. The summed E-state index contributed by atoms with van der Waals surface area (Å²) in [5.74, 6) is 0.311. The molecule has 0 saturated heterocycles. The molecule has 0 aliphatic rings. The summed E-state index contributed by atoms with van der Waals surface area (Å²) >= 11 is 0. The van der Waals surface area contributed by atoms with Crippen LogP contribution in [0.2, 0.25) is 0 Å². The SMILES string of the molecule is FC(F)(F)c1cccc(C(F)(F)F)c1.O=S(=O)(Oc1ccccc1)c1ccccc1. The number of hydrogen-bond donors (Lipinski definition) is 0. The topological polar surface area (TPSA) is 43.4 Å². The zero-order valence-corrected chi connectivity index (χ0v) is 15.8. The quantitative estimate of drug-likeness (QED) is 0.355. The molecule has 3 rings (SSSR count). The third-order valence-corrected chi connectivity index (χ3v) is 4.76. The van der Waals surface area contributed by atoms with Gasteiger partial charge in [0.05, 0.1) is 11.1 Å². The molecule has 0 bridgehead atoms. The minimum atomic E-state index is -4.75. The third-order valence-electron chi connectivity index (χ3n) is 3.50. The molecule has 0 spiro atoms. The third kappa shape index (κ3) is 6.80. The highest BCUT2D eigenvalue weighted by Crippen LogP contribution is 2.34. The monoisotopic (exact) mass is 448 g/mol. The van der Waals surface area contributed by atoms with Gasteiger partial charge < -0.3 is 4.18 Å². The highest BCUT2D eigenvalue weighted by molar-refractivity contribution is 7.87. The van der Waals surface area contributed by atoms with Gasteiger partial charge in [0.25, 0.3) is 0 Å². The van der Waals surface area contributed by atoms with Crippen molar-refractivity contribution in [3.05, 3.63) is 96.1 Å². The Bertz CT molecular complexity index is 1020. The molecule has 0 saturated carbocycles. The van der Waals surface area contributed by atoms with Crippen LogP contribution in [0.4, 0.5) is 26.3 Å². The van der Waals surface area contributed by atoms with Gasteiger partial charge in [-0.05, 0) is 42.5 Å². The van der Waals surface area contributed by atoms with Gasteiger partial charge in [-0.25, -0.2) is 0 Å². The Balaban J connectivity index is 0.000000216. The van der Waals surface area contributed by atoms with Crippen molar-refractivity contribution in [2.45, 2.75) is 17.2 Å². The number of hydrogen-bond acceptors (Lipinski definition) is 3. The number of rotatable bonds is 3. The first-order valence-corrected chi connectivity index (χ1v) is 9.59. The minimum absolute atomic E-state index is 0.0833. The van der Waals surface area contributed by atoms with E-state index in [2.05, 4.69) is 0 Å². The Morgan fingerprint density at radius 3 is 1.47 bits per heavy atom. The first kappa shape index (κ1) is 23.3. The maximum atomic E-state index is 12.0. The van der Waals surface area contributed by atoms with E-state index in [-0.39, 0.29) is 11.0 Å². The average molecular weight is 448 g/mol. The fourth-order valence-corrected chi connectivity index (χ4v) is 3.06. The summed E-state index contributed by atoms with van der Waals surface area (Å²) in [5, 5.41) is 0. The van der Waals surface area contributed by atoms with Crippen molar-refractivity contribution in [2.75, 3.05) is 0 Å². The molecule has 10 heteroatoms. The molecule has 0 atom stereocenters. The summed E-state index contributed by atoms with van der Waals surface area (Å²) in [6.07, 6.45) is -9.50. The van der Waals surface area contributed by atoms with E-state index in [0.29, 0.717) is 17.9 Å². The molecule has 160 valence electrons. The van der Waals surface area contributed by atoms with Crippen molar-refractivity contribution >= 4 is 10.1 Å². The molecule has 3 aromatic rings. The maximum Gasteiger partial charge on any atom is 0.416 e. The van der Waals surface area contributed by atoms with Crippen LogP contribution in [0.1, 0.15) is 11.1 Å². The molecule has 0 aliphatic carbocycles. The van der Waals surface area contributed by atoms with E-state index in [1.807, 2.05) is 0 Å². The van der Waals surface area contributed by atoms with Crippen molar-refractivity contribution in [3.63, 3.8) is 0 Å². The number of para-hydroxylation sites is 1. The molecule has 0 radical (unpaired) electrons. The molecule has 30 heavy (non-hydrogen) atoms. The Morgan fingerprint density at radius 1 is 0.600 bits per heavy atom. The summed E-state index contributed by atoms with van der Waals surface area (Å²) in [6.45, 7) is 0. The molecule has 3 nitrogen and oxygen atoms in total. The predicted molar refractivity (Wildman–Crippen MR) is 97.1 cm³/mol. The van der Waals surface area contributed by atoms with Gasteiger partial charge in [0.15, 0.2) is 0 Å². The van der Waals surface area contributed by atoms with E-state index in [1.54, 1.807) is 48.5 Å². The largest absolute Gasteiger partial charge is 0.416 e. The molecule has 0 aromatic heterocycles. The normalized spacial score (nSPS) is 11.9. The van der Waals surface area contributed by atoms with Gasteiger partial charge in [-0.2, -0.15) is 34.8 Å². The van der Waals surface area contributed by atoms with Gasteiger partial charge in [0.1, 0.15) is 10.6 Å². The van der Waals surface area contributed by atoms with Gasteiger partial charge in [0.2, 0.25) is 0 Å².